The van der Waals surface area contributed by atoms with Crippen molar-refractivity contribution >= 4 is 17.6 Å². The van der Waals surface area contributed by atoms with Crippen molar-refractivity contribution in [1.82, 2.24) is 10.6 Å². The van der Waals surface area contributed by atoms with Crippen LogP contribution in [0.5, 0.6) is 11.5 Å². The van der Waals surface area contributed by atoms with Gasteiger partial charge in [-0.1, -0.05) is 0 Å². The fraction of sp³-hybridized carbons (Fsp3) is 0.333. The predicted octanol–water partition coefficient (Wildman–Crippen LogP) is -0.316. The van der Waals surface area contributed by atoms with Gasteiger partial charge >= 0.3 is 6.03 Å². The lowest BCUT2D eigenvalue weighted by atomic mass is 10.1. The van der Waals surface area contributed by atoms with E-state index in [2.05, 4.69) is 10.6 Å². The molecule has 1 rings (SSSR count). The molecule has 0 aliphatic carbocycles. The highest BCUT2D eigenvalue weighted by atomic mass is 16.5. The Labute approximate surface area is 116 Å². The highest BCUT2D eigenvalue weighted by Crippen LogP contribution is 2.31. The number of anilines is 1. The van der Waals surface area contributed by atoms with Gasteiger partial charge in [-0.25, -0.2) is 4.79 Å². The summed E-state index contributed by atoms with van der Waals surface area (Å²) in [5.74, 6) is 0.466. The molecule has 0 fully saturated rings. The second kappa shape index (κ2) is 7.07. The number of ether oxygens (including phenoxy) is 2. The van der Waals surface area contributed by atoms with Gasteiger partial charge in [0, 0.05) is 24.8 Å². The number of nitrogens with two attached hydrogens (primary N) is 2. The summed E-state index contributed by atoms with van der Waals surface area (Å²) in [6.07, 6.45) is 0. The van der Waals surface area contributed by atoms with E-state index in [1.54, 1.807) is 0 Å². The Balaban J connectivity index is 2.75. The molecular formula is C12H18N4O4. The van der Waals surface area contributed by atoms with Gasteiger partial charge in [-0.2, -0.15) is 0 Å². The molecule has 0 unspecified atom stereocenters. The summed E-state index contributed by atoms with van der Waals surface area (Å²) in [4.78, 5) is 22.4. The number of benzene rings is 1. The van der Waals surface area contributed by atoms with E-state index in [0.717, 1.165) is 0 Å². The molecule has 3 amide bonds. The van der Waals surface area contributed by atoms with Crippen molar-refractivity contribution in [1.29, 1.82) is 0 Å². The van der Waals surface area contributed by atoms with E-state index in [1.165, 1.54) is 26.4 Å². The first-order chi connectivity index (χ1) is 9.49. The van der Waals surface area contributed by atoms with Gasteiger partial charge in [0.15, 0.2) is 11.5 Å². The van der Waals surface area contributed by atoms with Gasteiger partial charge in [-0.3, -0.25) is 4.79 Å². The summed E-state index contributed by atoms with van der Waals surface area (Å²) in [5.41, 5.74) is 11.2. The molecule has 0 aliphatic heterocycles. The summed E-state index contributed by atoms with van der Waals surface area (Å²) >= 11 is 0. The number of nitrogens with one attached hydrogen (secondary N) is 2. The van der Waals surface area contributed by atoms with Crippen LogP contribution in [0.2, 0.25) is 0 Å². The molecule has 1 aromatic carbocycles. The molecule has 6 N–H and O–H groups in total. The van der Waals surface area contributed by atoms with Crippen LogP contribution < -0.4 is 31.6 Å². The minimum Gasteiger partial charge on any atom is -0.493 e. The maximum absolute atomic E-state index is 11.9. The minimum atomic E-state index is -0.648. The second-order valence-corrected chi connectivity index (χ2v) is 3.84. The topological polar surface area (TPSA) is 129 Å². The zero-order chi connectivity index (χ0) is 15.1. The quantitative estimate of drug-likeness (QED) is 0.420. The number of urea groups is 1. The number of rotatable bonds is 6. The number of amides is 3. The largest absolute Gasteiger partial charge is 0.493 e. The summed E-state index contributed by atoms with van der Waals surface area (Å²) < 4.78 is 10.2. The van der Waals surface area contributed by atoms with Crippen LogP contribution in [0.3, 0.4) is 0 Å². The molecule has 8 nitrogen and oxygen atoms in total. The number of carbonyl (C=O) groups is 2. The van der Waals surface area contributed by atoms with Crippen LogP contribution >= 0.6 is 0 Å². The zero-order valence-corrected chi connectivity index (χ0v) is 11.4. The fourth-order valence-corrected chi connectivity index (χ4v) is 1.55. The Morgan fingerprint density at radius 1 is 1.10 bits per heavy atom. The third kappa shape index (κ3) is 3.94. The highest BCUT2D eigenvalue weighted by molar-refractivity contribution is 6.00. The molecule has 0 spiro atoms. The molecule has 0 atom stereocenters. The molecule has 0 bridgehead atoms. The monoisotopic (exact) mass is 282 g/mol. The van der Waals surface area contributed by atoms with Crippen LogP contribution in [-0.4, -0.2) is 39.2 Å². The summed E-state index contributed by atoms with van der Waals surface area (Å²) in [5, 5.41) is 4.95. The Morgan fingerprint density at radius 3 is 2.20 bits per heavy atom. The Kier molecular flexibility index (Phi) is 5.45. The summed E-state index contributed by atoms with van der Waals surface area (Å²) in [7, 11) is 2.94. The maximum atomic E-state index is 11.9. The van der Waals surface area contributed by atoms with Gasteiger partial charge in [0.2, 0.25) is 0 Å². The molecular weight excluding hydrogens is 264 g/mol. The third-order valence-corrected chi connectivity index (χ3v) is 2.51. The van der Waals surface area contributed by atoms with E-state index in [-0.39, 0.29) is 30.2 Å². The van der Waals surface area contributed by atoms with Gasteiger partial charge in [0.1, 0.15) is 0 Å². The number of carbonyl (C=O) groups excluding carboxylic acids is 2. The molecule has 0 saturated carbocycles. The van der Waals surface area contributed by atoms with Crippen LogP contribution in [0.25, 0.3) is 0 Å². The number of primary amides is 1. The Morgan fingerprint density at radius 2 is 1.65 bits per heavy atom. The molecule has 0 saturated heterocycles. The van der Waals surface area contributed by atoms with Gasteiger partial charge in [0.25, 0.3) is 5.91 Å². The normalized spacial score (nSPS) is 9.70. The third-order valence-electron chi connectivity index (χ3n) is 2.51. The maximum Gasteiger partial charge on any atom is 0.312 e. The first-order valence-electron chi connectivity index (χ1n) is 5.82. The first kappa shape index (κ1) is 15.4. The van der Waals surface area contributed by atoms with Crippen molar-refractivity contribution in [3.63, 3.8) is 0 Å². The van der Waals surface area contributed by atoms with Crippen LogP contribution in [0.15, 0.2) is 12.1 Å². The van der Waals surface area contributed by atoms with Gasteiger partial charge in [-0.15, -0.1) is 0 Å². The van der Waals surface area contributed by atoms with Crippen molar-refractivity contribution in [2.45, 2.75) is 0 Å². The Hall–Kier alpha value is -2.64. The molecule has 0 heterocycles. The van der Waals surface area contributed by atoms with Crippen molar-refractivity contribution in [3.8, 4) is 11.5 Å². The lowest BCUT2D eigenvalue weighted by molar-refractivity contribution is 0.0954. The molecule has 1 aromatic rings. The van der Waals surface area contributed by atoms with E-state index < -0.39 is 6.03 Å². The van der Waals surface area contributed by atoms with E-state index in [0.29, 0.717) is 11.5 Å². The average Bonchev–Trinajstić information content (AvgIpc) is 2.42. The van der Waals surface area contributed by atoms with Crippen LogP contribution in [-0.2, 0) is 0 Å². The van der Waals surface area contributed by atoms with Gasteiger partial charge in [-0.05, 0) is 6.07 Å². The predicted molar refractivity (Wildman–Crippen MR) is 73.9 cm³/mol. The summed E-state index contributed by atoms with van der Waals surface area (Å²) in [6.45, 7) is 0.462. The molecule has 0 aromatic heterocycles. The first-order valence-corrected chi connectivity index (χ1v) is 5.82. The van der Waals surface area contributed by atoms with Crippen molar-refractivity contribution < 1.29 is 19.1 Å². The van der Waals surface area contributed by atoms with Crippen LogP contribution in [0, 0.1) is 0 Å². The van der Waals surface area contributed by atoms with E-state index >= 15 is 0 Å². The minimum absolute atomic E-state index is 0.230. The standard InChI is InChI=1S/C12H18N4O4/c1-19-9-5-7(8(13)6-10(9)20-2)11(17)15-3-4-16-12(14)18/h5-6H,3-4,13H2,1-2H3,(H,15,17)(H3,14,16,18). The van der Waals surface area contributed by atoms with Crippen molar-refractivity contribution in [3.05, 3.63) is 17.7 Å². The number of hydrogen-bond acceptors (Lipinski definition) is 5. The van der Waals surface area contributed by atoms with Gasteiger partial charge < -0.3 is 31.6 Å². The second-order valence-electron chi connectivity index (χ2n) is 3.84. The van der Waals surface area contributed by atoms with E-state index in [4.69, 9.17) is 20.9 Å². The SMILES string of the molecule is COc1cc(N)c(C(=O)NCCNC(N)=O)cc1OC. The number of nitrogen functional groups attached to an aromatic ring is 1. The van der Waals surface area contributed by atoms with Crippen LogP contribution in [0.1, 0.15) is 10.4 Å². The molecule has 0 radical (unpaired) electrons. The smallest absolute Gasteiger partial charge is 0.312 e. The van der Waals surface area contributed by atoms with E-state index in [9.17, 15) is 9.59 Å². The fourth-order valence-electron chi connectivity index (χ4n) is 1.55. The van der Waals surface area contributed by atoms with E-state index in [1.807, 2.05) is 0 Å². The van der Waals surface area contributed by atoms with Crippen molar-refractivity contribution in [2.75, 3.05) is 33.0 Å². The lowest BCUT2D eigenvalue weighted by Crippen LogP contribution is -2.37. The molecule has 8 heteroatoms. The zero-order valence-electron chi connectivity index (χ0n) is 11.4. The van der Waals surface area contributed by atoms with Crippen LogP contribution in [0.4, 0.5) is 10.5 Å². The highest BCUT2D eigenvalue weighted by Gasteiger charge is 2.14. The molecule has 110 valence electrons. The molecule has 20 heavy (non-hydrogen) atoms. The van der Waals surface area contributed by atoms with Gasteiger partial charge in [0.05, 0.1) is 19.8 Å². The average molecular weight is 282 g/mol. The number of methoxy groups -OCH3 is 2. The summed E-state index contributed by atoms with van der Waals surface area (Å²) in [6, 6.07) is 2.35. The number of hydrogen-bond donors (Lipinski definition) is 4. The lowest BCUT2D eigenvalue weighted by Gasteiger charge is -2.12. The van der Waals surface area contributed by atoms with Crippen molar-refractivity contribution in [2.24, 2.45) is 5.73 Å². The Bertz CT molecular complexity index is 504. The molecule has 0 aliphatic rings.